The second-order valence-corrected chi connectivity index (χ2v) is 5.97. The monoisotopic (exact) mass is 386 g/mol. The predicted molar refractivity (Wildman–Crippen MR) is 99.6 cm³/mol. The van der Waals surface area contributed by atoms with Crippen molar-refractivity contribution < 1.29 is 18.7 Å². The molecule has 0 aliphatic carbocycles. The first-order valence-electron chi connectivity index (χ1n) is 8.56. The topological polar surface area (TPSA) is 110 Å². The summed E-state index contributed by atoms with van der Waals surface area (Å²) in [5.74, 6) is 0.678. The van der Waals surface area contributed by atoms with E-state index >= 15 is 0 Å². The van der Waals surface area contributed by atoms with Gasteiger partial charge in [0.25, 0.3) is 5.56 Å². The molecule has 0 saturated carbocycles. The minimum Gasteiger partial charge on any atom is -0.439 e. The number of aliphatic hydroxyl groups is 1. The highest BCUT2D eigenvalue weighted by Crippen LogP contribution is 2.33. The van der Waals surface area contributed by atoms with Crippen molar-refractivity contribution >= 4 is 12.0 Å². The van der Waals surface area contributed by atoms with Crippen molar-refractivity contribution in [2.24, 2.45) is 0 Å². The highest BCUT2D eigenvalue weighted by atomic mass is 19.1. The number of aldehydes is 1. The van der Waals surface area contributed by atoms with Crippen LogP contribution in [0.5, 0.6) is 0 Å². The molecule has 2 atom stereocenters. The van der Waals surface area contributed by atoms with Crippen LogP contribution in [-0.2, 0) is 17.8 Å². The van der Waals surface area contributed by atoms with E-state index < -0.39 is 17.8 Å². The Hall–Kier alpha value is -3.33. The van der Waals surface area contributed by atoms with Gasteiger partial charge in [0.15, 0.2) is 0 Å². The third-order valence-electron chi connectivity index (χ3n) is 4.29. The maximum Gasteiger partial charge on any atom is 0.277 e. The summed E-state index contributed by atoms with van der Waals surface area (Å²) in [5, 5.41) is 9.87. The third-order valence-corrected chi connectivity index (χ3v) is 4.29. The molecule has 2 aromatic heterocycles. The third kappa shape index (κ3) is 3.70. The summed E-state index contributed by atoms with van der Waals surface area (Å²) in [6, 6.07) is 8.42. The van der Waals surface area contributed by atoms with E-state index in [1.165, 1.54) is 17.1 Å². The van der Waals surface area contributed by atoms with E-state index in [4.69, 9.17) is 9.52 Å². The molecular formula is C19H19FN4O4. The minimum absolute atomic E-state index is 0.0223. The van der Waals surface area contributed by atoms with E-state index in [9.17, 15) is 14.0 Å². The van der Waals surface area contributed by atoms with E-state index in [2.05, 4.69) is 15.3 Å². The van der Waals surface area contributed by atoms with Crippen LogP contribution >= 0.6 is 0 Å². The van der Waals surface area contributed by atoms with Gasteiger partial charge in [0.1, 0.15) is 29.9 Å². The van der Waals surface area contributed by atoms with Gasteiger partial charge in [-0.2, -0.15) is 0 Å². The number of aromatic nitrogens is 3. The maximum atomic E-state index is 14.6. The molecule has 3 heterocycles. The average Bonchev–Trinajstić information content (AvgIpc) is 3.22. The van der Waals surface area contributed by atoms with Crippen molar-refractivity contribution in [2.75, 3.05) is 12.4 Å². The van der Waals surface area contributed by atoms with Crippen LogP contribution < -0.4 is 10.9 Å². The number of fused-ring (bicyclic) bond motifs is 1. The molecule has 1 aromatic carbocycles. The van der Waals surface area contributed by atoms with Crippen LogP contribution in [0.15, 0.2) is 52.1 Å². The normalized spacial score (nSPS) is 17.7. The summed E-state index contributed by atoms with van der Waals surface area (Å²) >= 11 is 0. The Morgan fingerprint density at radius 3 is 2.79 bits per heavy atom. The van der Waals surface area contributed by atoms with E-state index in [-0.39, 0.29) is 18.7 Å². The Labute approximate surface area is 159 Å². The molecular weight excluding hydrogens is 367 g/mol. The molecule has 3 aromatic rings. The molecule has 0 spiro atoms. The highest BCUT2D eigenvalue weighted by molar-refractivity contribution is 5.55. The number of carbonyl (C=O) groups is 1. The molecule has 1 aliphatic rings. The lowest BCUT2D eigenvalue weighted by atomic mass is 9.99. The molecule has 1 aliphatic heterocycles. The molecule has 28 heavy (non-hydrogen) atoms. The van der Waals surface area contributed by atoms with Gasteiger partial charge in [-0.15, -0.1) is 0 Å². The predicted octanol–water partition coefficient (Wildman–Crippen LogP) is 1.75. The lowest BCUT2D eigenvalue weighted by Gasteiger charge is -2.27. The van der Waals surface area contributed by atoms with Crippen LogP contribution in [0.3, 0.4) is 0 Å². The van der Waals surface area contributed by atoms with E-state index in [1.54, 1.807) is 0 Å². The Kier molecular flexibility index (Phi) is 5.95. The summed E-state index contributed by atoms with van der Waals surface area (Å²) < 4.78 is 21.5. The summed E-state index contributed by atoms with van der Waals surface area (Å²) in [4.78, 5) is 31.4. The number of nitrogens with one attached hydrogen (secondary N) is 1. The molecule has 0 bridgehead atoms. The molecule has 9 heteroatoms. The van der Waals surface area contributed by atoms with Gasteiger partial charge >= 0.3 is 0 Å². The Morgan fingerprint density at radius 2 is 2.07 bits per heavy atom. The van der Waals surface area contributed by atoms with Gasteiger partial charge in [-0.3, -0.25) is 9.36 Å². The Bertz CT molecular complexity index is 1000. The fourth-order valence-corrected chi connectivity index (χ4v) is 2.98. The average molecular weight is 386 g/mol. The van der Waals surface area contributed by atoms with E-state index in [0.29, 0.717) is 23.6 Å². The fraction of sp³-hybridized carbons (Fsp3) is 0.263. The number of hydrogen-bond acceptors (Lipinski definition) is 7. The molecule has 0 amide bonds. The summed E-state index contributed by atoms with van der Waals surface area (Å²) in [6.07, 6.45) is 1.97. The van der Waals surface area contributed by atoms with Crippen molar-refractivity contribution in [3.8, 4) is 11.5 Å². The fourth-order valence-electron chi connectivity index (χ4n) is 2.98. The zero-order chi connectivity index (χ0) is 20.1. The van der Waals surface area contributed by atoms with Crippen LogP contribution in [0.2, 0.25) is 0 Å². The quantitative estimate of drug-likeness (QED) is 0.657. The van der Waals surface area contributed by atoms with Crippen LogP contribution in [-0.4, -0.2) is 39.2 Å². The second kappa shape index (κ2) is 8.57. The molecule has 2 unspecified atom stereocenters. The van der Waals surface area contributed by atoms with Crippen molar-refractivity contribution in [3.63, 3.8) is 0 Å². The first kappa shape index (κ1) is 19.4. The summed E-state index contributed by atoms with van der Waals surface area (Å²) in [6.45, 7) is -0.106. The van der Waals surface area contributed by atoms with Gasteiger partial charge in [-0.1, -0.05) is 18.2 Å². The van der Waals surface area contributed by atoms with E-state index in [1.807, 2.05) is 30.3 Å². The van der Waals surface area contributed by atoms with Gasteiger partial charge in [0.2, 0.25) is 5.89 Å². The number of carbonyl (C=O) groups excluding carboxylic acids is 1. The number of halogens is 1. The second-order valence-electron chi connectivity index (χ2n) is 5.97. The Morgan fingerprint density at radius 1 is 1.32 bits per heavy atom. The smallest absolute Gasteiger partial charge is 0.277 e. The number of aliphatic hydroxyl groups excluding tert-OH is 1. The van der Waals surface area contributed by atoms with Gasteiger partial charge in [0.05, 0.1) is 24.8 Å². The number of rotatable bonds is 4. The number of benzene rings is 1. The molecule has 4 rings (SSSR count). The largest absolute Gasteiger partial charge is 0.439 e. The lowest BCUT2D eigenvalue weighted by Crippen LogP contribution is -2.36. The molecule has 0 fully saturated rings. The van der Waals surface area contributed by atoms with Gasteiger partial charge in [-0.25, -0.2) is 14.4 Å². The number of hydrogen-bond donors (Lipinski definition) is 2. The highest BCUT2D eigenvalue weighted by Gasteiger charge is 2.34. The number of oxazole rings is 1. The molecule has 0 saturated heterocycles. The van der Waals surface area contributed by atoms with Crippen LogP contribution in [0.1, 0.15) is 17.5 Å². The number of anilines is 1. The zero-order valence-corrected chi connectivity index (χ0v) is 15.1. The van der Waals surface area contributed by atoms with Crippen molar-refractivity contribution in [1.29, 1.82) is 0 Å². The van der Waals surface area contributed by atoms with Crippen molar-refractivity contribution in [3.05, 3.63) is 64.7 Å². The Balaban J connectivity index is 0.00000109. The molecule has 2 N–H and O–H groups in total. The zero-order valence-electron chi connectivity index (χ0n) is 15.1. The minimum atomic E-state index is -1.33. The summed E-state index contributed by atoms with van der Waals surface area (Å²) in [7, 11) is 1.00. The van der Waals surface area contributed by atoms with Gasteiger partial charge in [-0.05, 0) is 12.1 Å². The van der Waals surface area contributed by atoms with Gasteiger partial charge < -0.3 is 19.6 Å². The molecule has 8 nitrogen and oxygen atoms in total. The lowest BCUT2D eigenvalue weighted by molar-refractivity contribution is -0.108. The van der Waals surface area contributed by atoms with Crippen molar-refractivity contribution in [1.82, 2.24) is 14.5 Å². The van der Waals surface area contributed by atoms with Crippen LogP contribution in [0, 0.1) is 0 Å². The van der Waals surface area contributed by atoms with Gasteiger partial charge in [0, 0.05) is 19.1 Å². The summed E-state index contributed by atoms with van der Waals surface area (Å²) in [5.41, 5.74) is 0.886. The van der Waals surface area contributed by atoms with Crippen molar-refractivity contribution in [2.45, 2.75) is 25.2 Å². The van der Waals surface area contributed by atoms with Crippen LogP contribution in [0.4, 0.5) is 10.1 Å². The van der Waals surface area contributed by atoms with E-state index in [0.717, 1.165) is 12.7 Å². The first-order chi connectivity index (χ1) is 13.7. The molecule has 146 valence electrons. The van der Waals surface area contributed by atoms with Crippen LogP contribution in [0.25, 0.3) is 11.5 Å². The number of alkyl halides is 1. The molecule has 0 radical (unpaired) electrons. The maximum absolute atomic E-state index is 14.6. The standard InChI is InChI=1S/C18H15FN4O3.CH4O/c19-12-8-13-16(18(25)23(6-7-24)10-21-13)22-15(12)14-9-20-17(26-14)11-4-2-1-3-5-11;1-2/h1-5,7,9-10,12,15,22H,6,8H2;2H,1H3. The number of nitrogens with zero attached hydrogens (tertiary/aromatic N) is 3. The SMILES string of the molecule is CO.O=CCn1cnc2c(c1=O)NC(c1cnc(-c3ccccc3)o1)C(F)C2. The first-order valence-corrected chi connectivity index (χ1v) is 8.56.